The second-order valence-electron chi connectivity index (χ2n) is 5.57. The van der Waals surface area contributed by atoms with Crippen molar-refractivity contribution in [3.8, 4) is 0 Å². The van der Waals surface area contributed by atoms with E-state index in [1.54, 1.807) is 0 Å². The summed E-state index contributed by atoms with van der Waals surface area (Å²) in [5.41, 5.74) is 1.56. The maximum atomic E-state index is 12.0. The Morgan fingerprint density at radius 1 is 1.33 bits per heavy atom. The minimum absolute atomic E-state index is 0. The second kappa shape index (κ2) is 16.6. The molecule has 2 aromatic rings. The van der Waals surface area contributed by atoms with Crippen molar-refractivity contribution < 1.29 is 60.9 Å². The Labute approximate surface area is 206 Å². The zero-order chi connectivity index (χ0) is 18.7. The van der Waals surface area contributed by atoms with Crippen LogP contribution in [0.4, 0.5) is 5.69 Å². The van der Waals surface area contributed by atoms with E-state index in [1.807, 2.05) is 45.0 Å². The van der Waals surface area contributed by atoms with Gasteiger partial charge in [0.25, 0.3) is 0 Å². The Balaban J connectivity index is 0. The number of carbonyl (C=O) groups is 1. The van der Waals surface area contributed by atoms with Crippen molar-refractivity contribution >= 4 is 23.0 Å². The molecule has 0 saturated heterocycles. The topological polar surface area (TPSA) is 51.8 Å². The van der Waals surface area contributed by atoms with E-state index in [9.17, 15) is 4.79 Å². The molecular formula is C21H32NO3SYb-. The standard InChI is InChI=1S/C18H22NO3S.C2H6.CH4.Yb/c1-4-13(2)9-10-21-17(20)11-15-7-5-6-8-16(15)19-18-22-14(3)12-23-18;1-2;;/h5-8,13H,4,9-11H2,1-3H3;1-2H3;1H4;/q-1;;;. The third-order valence-electron chi connectivity index (χ3n) is 3.63. The number of ether oxygens (including phenoxy) is 1. The van der Waals surface area contributed by atoms with E-state index in [0.717, 1.165) is 24.1 Å². The molecule has 2 rings (SSSR count). The molecule has 0 radical (unpaired) electrons. The van der Waals surface area contributed by atoms with E-state index < -0.39 is 0 Å². The first-order chi connectivity index (χ1) is 12.1. The van der Waals surface area contributed by atoms with Crippen LogP contribution in [0, 0.1) is 65.1 Å². The van der Waals surface area contributed by atoms with Gasteiger partial charge >= 0.3 is 5.97 Å². The number of carbonyl (C=O) groups excluding carboxylic acids is 1. The summed E-state index contributed by atoms with van der Waals surface area (Å²) in [5.74, 6) is 1.06. The number of aryl methyl sites for hydroxylation is 1. The van der Waals surface area contributed by atoms with Gasteiger partial charge in [-0.15, -0.1) is 5.38 Å². The minimum atomic E-state index is -0.221. The minimum Gasteiger partial charge on any atom is -0.539 e. The SMILES string of the molecule is C.CC.CCC(C)CCOC(=O)Cc1ccccc1N=c1oc(C)[c-]s1.[Yb]. The molecule has 0 aliphatic heterocycles. The molecular weight excluding hydrogens is 519 g/mol. The Hall–Kier alpha value is -0.361. The Kier molecular flexibility index (Phi) is 17.7. The van der Waals surface area contributed by atoms with Crippen LogP contribution >= 0.6 is 11.3 Å². The molecule has 1 atom stereocenters. The Morgan fingerprint density at radius 2 is 2.00 bits per heavy atom. The quantitative estimate of drug-likeness (QED) is 0.320. The first-order valence-corrected chi connectivity index (χ1v) is 9.66. The number of para-hydroxylation sites is 1. The summed E-state index contributed by atoms with van der Waals surface area (Å²) in [7, 11) is 0. The van der Waals surface area contributed by atoms with E-state index >= 15 is 0 Å². The molecule has 1 aromatic carbocycles. The summed E-state index contributed by atoms with van der Waals surface area (Å²) >= 11 is 1.32. The normalized spacial score (nSPS) is 11.4. The summed E-state index contributed by atoms with van der Waals surface area (Å²) in [6, 6.07) is 7.54. The fourth-order valence-corrected chi connectivity index (χ4v) is 2.57. The van der Waals surface area contributed by atoms with Gasteiger partial charge in [0.1, 0.15) is 4.87 Å². The summed E-state index contributed by atoms with van der Waals surface area (Å²) in [6.45, 7) is 10.6. The largest absolute Gasteiger partial charge is 0.539 e. The first-order valence-electron chi connectivity index (χ1n) is 8.85. The van der Waals surface area contributed by atoms with Crippen molar-refractivity contribution in [3.63, 3.8) is 0 Å². The van der Waals surface area contributed by atoms with Crippen LogP contribution < -0.4 is 4.87 Å². The van der Waals surface area contributed by atoms with Gasteiger partial charge in [-0.25, -0.2) is 0 Å². The molecule has 0 fully saturated rings. The van der Waals surface area contributed by atoms with Gasteiger partial charge in [0, 0.05) is 46.9 Å². The summed E-state index contributed by atoms with van der Waals surface area (Å²) < 4.78 is 10.8. The number of rotatable bonds is 7. The van der Waals surface area contributed by atoms with Gasteiger partial charge < -0.3 is 9.15 Å². The van der Waals surface area contributed by atoms with E-state index in [1.165, 1.54) is 11.3 Å². The van der Waals surface area contributed by atoms with Crippen LogP contribution in [-0.4, -0.2) is 12.6 Å². The van der Waals surface area contributed by atoms with Crippen molar-refractivity contribution in [1.29, 1.82) is 0 Å². The van der Waals surface area contributed by atoms with Crippen molar-refractivity contribution in [3.05, 3.63) is 45.8 Å². The third-order valence-corrected chi connectivity index (χ3v) is 4.37. The predicted octanol–water partition coefficient (Wildman–Crippen LogP) is 5.87. The zero-order valence-corrected chi connectivity index (χ0v) is 18.6. The Bertz CT molecular complexity index is 709. The molecule has 6 heteroatoms. The average Bonchev–Trinajstić information content (AvgIpc) is 3.03. The molecule has 0 aliphatic carbocycles. The van der Waals surface area contributed by atoms with Crippen LogP contribution in [0.25, 0.3) is 0 Å². The molecule has 0 N–H and O–H groups in total. The molecule has 27 heavy (non-hydrogen) atoms. The molecule has 0 spiro atoms. The smallest absolute Gasteiger partial charge is 0.310 e. The third kappa shape index (κ3) is 11.3. The van der Waals surface area contributed by atoms with E-state index in [0.29, 0.717) is 23.2 Å². The van der Waals surface area contributed by atoms with E-state index in [-0.39, 0.29) is 66.7 Å². The van der Waals surface area contributed by atoms with Crippen LogP contribution in [0.3, 0.4) is 0 Å². The maximum absolute atomic E-state index is 12.0. The van der Waals surface area contributed by atoms with Crippen LogP contribution in [0.5, 0.6) is 0 Å². The maximum Gasteiger partial charge on any atom is 0.310 e. The van der Waals surface area contributed by atoms with Gasteiger partial charge in [-0.3, -0.25) is 21.1 Å². The number of hydrogen-bond donors (Lipinski definition) is 0. The number of nitrogens with zero attached hydrogens (tertiary/aromatic N) is 1. The summed E-state index contributed by atoms with van der Waals surface area (Å²) in [4.78, 5) is 17.0. The van der Waals surface area contributed by atoms with Crippen molar-refractivity contribution in [2.75, 3.05) is 6.61 Å². The summed E-state index contributed by atoms with van der Waals surface area (Å²) in [5, 5.41) is 2.98. The van der Waals surface area contributed by atoms with Crippen molar-refractivity contribution in [2.24, 2.45) is 10.9 Å². The molecule has 1 aromatic heterocycles. The second-order valence-corrected chi connectivity index (χ2v) is 6.33. The van der Waals surface area contributed by atoms with Gasteiger partial charge in [-0.2, -0.15) is 0 Å². The fourth-order valence-electron chi connectivity index (χ4n) is 1.99. The van der Waals surface area contributed by atoms with Crippen LogP contribution in [-0.2, 0) is 16.0 Å². The molecule has 160 valence electrons. The van der Waals surface area contributed by atoms with Gasteiger partial charge in [-0.05, 0) is 36.7 Å². The molecule has 0 aliphatic rings. The van der Waals surface area contributed by atoms with Gasteiger partial charge in [0.05, 0.1) is 18.7 Å². The molecule has 1 unspecified atom stereocenters. The average molecular weight is 552 g/mol. The molecule has 4 nitrogen and oxygen atoms in total. The van der Waals surface area contributed by atoms with Gasteiger partial charge in [0.15, 0.2) is 0 Å². The van der Waals surface area contributed by atoms with Crippen LogP contribution in [0.15, 0.2) is 33.7 Å². The van der Waals surface area contributed by atoms with Crippen LogP contribution in [0.1, 0.15) is 59.3 Å². The van der Waals surface area contributed by atoms with Crippen molar-refractivity contribution in [1.82, 2.24) is 0 Å². The van der Waals surface area contributed by atoms with Gasteiger partial charge in [-0.1, -0.05) is 59.7 Å². The molecule has 0 bridgehead atoms. The monoisotopic (exact) mass is 552 g/mol. The molecule has 1 heterocycles. The van der Waals surface area contributed by atoms with Crippen molar-refractivity contribution in [2.45, 2.75) is 61.3 Å². The van der Waals surface area contributed by atoms with E-state index in [4.69, 9.17) is 9.15 Å². The zero-order valence-electron chi connectivity index (χ0n) is 16.1. The molecule has 0 amide bonds. The molecule has 0 saturated carbocycles. The van der Waals surface area contributed by atoms with Crippen LogP contribution in [0.2, 0.25) is 0 Å². The number of benzene rings is 1. The summed E-state index contributed by atoms with van der Waals surface area (Å²) in [6.07, 6.45) is 2.21. The van der Waals surface area contributed by atoms with E-state index in [2.05, 4.69) is 24.2 Å². The number of hydrogen-bond acceptors (Lipinski definition) is 5. The predicted molar refractivity (Wildman–Crippen MR) is 109 cm³/mol. The first kappa shape index (κ1) is 28.8. The Morgan fingerprint density at radius 3 is 2.59 bits per heavy atom. The van der Waals surface area contributed by atoms with Gasteiger partial charge in [0.2, 0.25) is 0 Å². The fraction of sp³-hybridized carbons (Fsp3) is 0.524. The number of esters is 1.